The van der Waals surface area contributed by atoms with Crippen molar-refractivity contribution in [1.29, 1.82) is 0 Å². The van der Waals surface area contributed by atoms with E-state index in [4.69, 9.17) is 0 Å². The van der Waals surface area contributed by atoms with Gasteiger partial charge in [0.25, 0.3) is 0 Å². The smallest absolute Gasteiger partial charge is 0.241 e. The molecule has 2 atom stereocenters. The summed E-state index contributed by atoms with van der Waals surface area (Å²) in [5.74, 6) is 1.01. The lowest BCUT2D eigenvalue weighted by Crippen LogP contribution is -2.27. The second kappa shape index (κ2) is 9.78. The van der Waals surface area contributed by atoms with Gasteiger partial charge in [-0.05, 0) is 36.0 Å². The number of hydrogen-bond donors (Lipinski definition) is 3. The van der Waals surface area contributed by atoms with E-state index in [1.807, 2.05) is 37.0 Å². The molecule has 11 heteroatoms. The number of pyridine rings is 1. The minimum Gasteiger partial charge on any atom is -0.394 e. The van der Waals surface area contributed by atoms with Crippen molar-refractivity contribution in [1.82, 2.24) is 24.5 Å². The Labute approximate surface area is 188 Å². The van der Waals surface area contributed by atoms with E-state index in [0.29, 0.717) is 24.6 Å². The number of fused-ring (bicyclic) bond motifs is 1. The Morgan fingerprint density at radius 2 is 1.88 bits per heavy atom. The largest absolute Gasteiger partial charge is 0.394 e. The minimum absolute atomic E-state index is 0.0396. The van der Waals surface area contributed by atoms with Crippen LogP contribution in [0.3, 0.4) is 0 Å². The van der Waals surface area contributed by atoms with Crippen LogP contribution in [0.15, 0.2) is 24.5 Å². The molecule has 0 saturated heterocycles. The summed E-state index contributed by atoms with van der Waals surface area (Å²) in [6, 6.07) is 3.85. The molecule has 3 N–H and O–H groups in total. The summed E-state index contributed by atoms with van der Waals surface area (Å²) < 4.78 is 27.8. The van der Waals surface area contributed by atoms with Gasteiger partial charge in [-0.25, -0.2) is 13.4 Å². The number of anilines is 2. The van der Waals surface area contributed by atoms with Crippen molar-refractivity contribution >= 4 is 33.0 Å². The number of aromatic nitrogens is 5. The number of aliphatic hydroxyl groups is 1. The molecule has 0 saturated carbocycles. The van der Waals surface area contributed by atoms with E-state index in [-0.39, 0.29) is 30.5 Å². The van der Waals surface area contributed by atoms with Crippen LogP contribution < -0.4 is 10.0 Å². The van der Waals surface area contributed by atoms with Crippen LogP contribution in [0.1, 0.15) is 44.5 Å². The van der Waals surface area contributed by atoms with Gasteiger partial charge in [0.05, 0.1) is 18.9 Å². The lowest BCUT2D eigenvalue weighted by Gasteiger charge is -2.19. The number of rotatable bonds is 10. The molecule has 32 heavy (non-hydrogen) atoms. The van der Waals surface area contributed by atoms with E-state index in [1.165, 1.54) is 0 Å². The number of nitrogens with zero attached hydrogens (tertiary/aromatic N) is 5. The molecule has 174 valence electrons. The maximum atomic E-state index is 11.7. The van der Waals surface area contributed by atoms with Crippen molar-refractivity contribution in [2.75, 3.05) is 22.9 Å². The zero-order chi connectivity index (χ0) is 23.5. The first kappa shape index (κ1) is 23.9. The maximum absolute atomic E-state index is 11.7. The van der Waals surface area contributed by atoms with E-state index in [2.05, 4.69) is 49.9 Å². The number of hydrogen-bond acceptors (Lipinski definition) is 8. The monoisotopic (exact) mass is 461 g/mol. The van der Waals surface area contributed by atoms with Gasteiger partial charge in [0, 0.05) is 31.2 Å². The summed E-state index contributed by atoms with van der Waals surface area (Å²) in [5, 5.41) is 13.8. The molecule has 0 aliphatic heterocycles. The molecule has 3 heterocycles. The standard InChI is InChI=1S/C21H31N7O3S/c1-13(2)8-17(12-29)23-20-24-18(25-21(26-20)27-32(5,30)31)9-14(3)16-10-15-6-7-28(4)19(15)22-11-16/h6-7,10-11,13-14,17,29H,8-9,12H2,1-5H3,(H2,23,24,25,26,27). The van der Waals surface area contributed by atoms with E-state index in [1.54, 1.807) is 0 Å². The lowest BCUT2D eigenvalue weighted by atomic mass is 9.98. The van der Waals surface area contributed by atoms with Crippen LogP contribution in [0.2, 0.25) is 0 Å². The highest BCUT2D eigenvalue weighted by atomic mass is 32.2. The van der Waals surface area contributed by atoms with Crippen LogP contribution in [-0.4, -0.2) is 56.9 Å². The van der Waals surface area contributed by atoms with Gasteiger partial charge in [0.1, 0.15) is 11.5 Å². The first-order valence-corrected chi connectivity index (χ1v) is 12.4. The predicted octanol–water partition coefficient (Wildman–Crippen LogP) is 2.29. The van der Waals surface area contributed by atoms with Gasteiger partial charge in [0.2, 0.25) is 21.9 Å². The molecule has 0 fully saturated rings. The number of nitrogens with one attached hydrogen (secondary N) is 2. The van der Waals surface area contributed by atoms with Crippen LogP contribution in [0, 0.1) is 5.92 Å². The van der Waals surface area contributed by atoms with Crippen LogP contribution in [0.5, 0.6) is 0 Å². The van der Waals surface area contributed by atoms with Crippen molar-refractivity contribution in [3.8, 4) is 0 Å². The lowest BCUT2D eigenvalue weighted by molar-refractivity contribution is 0.259. The van der Waals surface area contributed by atoms with Gasteiger partial charge in [-0.2, -0.15) is 15.0 Å². The van der Waals surface area contributed by atoms with Crippen molar-refractivity contribution in [3.63, 3.8) is 0 Å². The summed E-state index contributed by atoms with van der Waals surface area (Å²) in [7, 11) is -1.61. The molecule has 0 aliphatic rings. The zero-order valence-electron chi connectivity index (χ0n) is 19.1. The second-order valence-corrected chi connectivity index (χ2v) is 10.4. The molecule has 0 aromatic carbocycles. The zero-order valence-corrected chi connectivity index (χ0v) is 19.9. The fraction of sp³-hybridized carbons (Fsp3) is 0.524. The number of aryl methyl sites for hydroxylation is 1. The predicted molar refractivity (Wildman–Crippen MR) is 125 cm³/mol. The molecular formula is C21H31N7O3S. The van der Waals surface area contributed by atoms with Gasteiger partial charge in [-0.15, -0.1) is 0 Å². The quantitative estimate of drug-likeness (QED) is 0.419. The van der Waals surface area contributed by atoms with Crippen molar-refractivity contribution in [3.05, 3.63) is 35.9 Å². The Hall–Kier alpha value is -2.79. The third kappa shape index (κ3) is 6.36. The van der Waals surface area contributed by atoms with Gasteiger partial charge < -0.3 is 15.0 Å². The SMILES string of the molecule is CC(C)CC(CO)Nc1nc(CC(C)c2cnc3c(ccn3C)c2)nc(NS(C)(=O)=O)n1. The normalized spacial score (nSPS) is 14.0. The molecule has 0 spiro atoms. The highest BCUT2D eigenvalue weighted by molar-refractivity contribution is 7.91. The summed E-state index contributed by atoms with van der Waals surface area (Å²) in [6.45, 7) is 6.06. The Morgan fingerprint density at radius 3 is 2.53 bits per heavy atom. The van der Waals surface area contributed by atoms with Crippen molar-refractivity contribution in [2.45, 2.75) is 45.6 Å². The van der Waals surface area contributed by atoms with Crippen LogP contribution in [-0.2, 0) is 23.5 Å². The van der Waals surface area contributed by atoms with E-state index < -0.39 is 10.0 Å². The molecule has 0 amide bonds. The first-order valence-electron chi connectivity index (χ1n) is 10.5. The first-order chi connectivity index (χ1) is 15.0. The minimum atomic E-state index is -3.56. The average Bonchev–Trinajstić information content (AvgIpc) is 3.06. The fourth-order valence-corrected chi connectivity index (χ4v) is 3.97. The van der Waals surface area contributed by atoms with E-state index in [0.717, 1.165) is 22.9 Å². The number of sulfonamides is 1. The molecule has 3 aromatic rings. The third-order valence-electron chi connectivity index (χ3n) is 5.05. The molecule has 0 radical (unpaired) electrons. The van der Waals surface area contributed by atoms with Gasteiger partial charge in [-0.3, -0.25) is 4.72 Å². The topological polar surface area (TPSA) is 135 Å². The third-order valence-corrected chi connectivity index (χ3v) is 5.61. The van der Waals surface area contributed by atoms with Crippen molar-refractivity contribution < 1.29 is 13.5 Å². The van der Waals surface area contributed by atoms with Gasteiger partial charge in [0.15, 0.2) is 0 Å². The Bertz CT molecular complexity index is 1180. The van der Waals surface area contributed by atoms with Gasteiger partial charge in [-0.1, -0.05) is 20.8 Å². The Morgan fingerprint density at radius 1 is 1.16 bits per heavy atom. The fourth-order valence-electron chi connectivity index (χ4n) is 3.55. The molecular weight excluding hydrogens is 430 g/mol. The van der Waals surface area contributed by atoms with Crippen LogP contribution in [0.4, 0.5) is 11.9 Å². The van der Waals surface area contributed by atoms with Crippen molar-refractivity contribution in [2.24, 2.45) is 13.0 Å². The Balaban J connectivity index is 1.87. The number of aliphatic hydroxyl groups excluding tert-OH is 1. The highest BCUT2D eigenvalue weighted by Gasteiger charge is 2.17. The van der Waals surface area contributed by atoms with E-state index >= 15 is 0 Å². The molecule has 10 nitrogen and oxygen atoms in total. The molecule has 0 bridgehead atoms. The summed E-state index contributed by atoms with van der Waals surface area (Å²) in [5.41, 5.74) is 1.94. The summed E-state index contributed by atoms with van der Waals surface area (Å²) in [4.78, 5) is 17.5. The molecule has 3 aromatic heterocycles. The molecule has 2 unspecified atom stereocenters. The maximum Gasteiger partial charge on any atom is 0.241 e. The highest BCUT2D eigenvalue weighted by Crippen LogP contribution is 2.23. The molecule has 3 rings (SSSR count). The van der Waals surface area contributed by atoms with Gasteiger partial charge >= 0.3 is 0 Å². The van der Waals surface area contributed by atoms with Crippen LogP contribution in [0.25, 0.3) is 11.0 Å². The summed E-state index contributed by atoms with van der Waals surface area (Å²) >= 11 is 0. The second-order valence-electron chi connectivity index (χ2n) is 8.64. The van der Waals surface area contributed by atoms with E-state index in [9.17, 15) is 13.5 Å². The molecule has 0 aliphatic carbocycles. The average molecular weight is 462 g/mol. The Kier molecular flexibility index (Phi) is 7.29. The summed E-state index contributed by atoms with van der Waals surface area (Å²) in [6.07, 6.45) is 6.03. The van der Waals surface area contributed by atoms with Crippen LogP contribution >= 0.6 is 0 Å².